The van der Waals surface area contributed by atoms with Crippen LogP contribution in [0.15, 0.2) is 48.5 Å². The maximum Gasteiger partial charge on any atom is 0.254 e. The molecule has 5 nitrogen and oxygen atoms in total. The van der Waals surface area contributed by atoms with E-state index in [1.807, 2.05) is 18.4 Å². The van der Waals surface area contributed by atoms with Gasteiger partial charge in [0.25, 0.3) is 5.91 Å². The van der Waals surface area contributed by atoms with Crippen molar-refractivity contribution in [2.24, 2.45) is 0 Å². The summed E-state index contributed by atoms with van der Waals surface area (Å²) in [5.74, 6) is 1.12. The molecule has 0 aliphatic heterocycles. The lowest BCUT2D eigenvalue weighted by Crippen LogP contribution is -2.34. The van der Waals surface area contributed by atoms with E-state index < -0.39 is 0 Å². The summed E-state index contributed by atoms with van der Waals surface area (Å²) >= 11 is 1.73. The van der Waals surface area contributed by atoms with Gasteiger partial charge in [-0.15, -0.1) is 0 Å². The molecule has 6 heteroatoms. The molecular weight excluding hydrogens is 336 g/mol. The number of carbonyl (C=O) groups is 2. The minimum Gasteiger partial charge on any atom is -0.497 e. The Hall–Kier alpha value is -2.47. The summed E-state index contributed by atoms with van der Waals surface area (Å²) < 4.78 is 5.12. The van der Waals surface area contributed by atoms with Crippen LogP contribution < -0.4 is 10.1 Å². The van der Waals surface area contributed by atoms with Gasteiger partial charge < -0.3 is 15.0 Å². The monoisotopic (exact) mass is 358 g/mol. The molecule has 0 spiro atoms. The Labute approximate surface area is 152 Å². The Morgan fingerprint density at radius 3 is 2.52 bits per heavy atom. The fraction of sp³-hybridized carbons (Fsp3) is 0.263. The van der Waals surface area contributed by atoms with E-state index in [0.717, 1.165) is 5.75 Å². The number of methoxy groups -OCH3 is 1. The van der Waals surface area contributed by atoms with Crippen LogP contribution in [0, 0.1) is 0 Å². The van der Waals surface area contributed by atoms with E-state index in [1.54, 1.807) is 62.3 Å². The average Bonchev–Trinajstić information content (AvgIpc) is 2.62. The van der Waals surface area contributed by atoms with Crippen LogP contribution in [0.25, 0.3) is 0 Å². The normalized spacial score (nSPS) is 10.2. The van der Waals surface area contributed by atoms with Crippen molar-refractivity contribution in [1.82, 2.24) is 4.90 Å². The molecule has 2 aromatic carbocycles. The SMILES string of the molecule is COc1cccc(NC(=O)CN(C)C(=O)c2ccc(CSC)cc2)c1. The number of nitrogens with one attached hydrogen (secondary N) is 1. The van der Waals surface area contributed by atoms with Gasteiger partial charge >= 0.3 is 0 Å². The van der Waals surface area contributed by atoms with E-state index in [4.69, 9.17) is 4.74 Å². The van der Waals surface area contributed by atoms with Gasteiger partial charge in [0.1, 0.15) is 5.75 Å². The van der Waals surface area contributed by atoms with Crippen molar-refractivity contribution in [3.05, 3.63) is 59.7 Å². The molecule has 0 aliphatic carbocycles. The van der Waals surface area contributed by atoms with Crippen LogP contribution in [0.4, 0.5) is 5.69 Å². The summed E-state index contributed by atoms with van der Waals surface area (Å²) in [5.41, 5.74) is 2.37. The Balaban J connectivity index is 1.94. The highest BCUT2D eigenvalue weighted by Gasteiger charge is 2.15. The Morgan fingerprint density at radius 2 is 1.88 bits per heavy atom. The van der Waals surface area contributed by atoms with Gasteiger partial charge in [-0.25, -0.2) is 0 Å². The number of rotatable bonds is 7. The predicted molar refractivity (Wildman–Crippen MR) is 102 cm³/mol. The van der Waals surface area contributed by atoms with Crippen molar-refractivity contribution < 1.29 is 14.3 Å². The second kappa shape index (κ2) is 9.13. The van der Waals surface area contributed by atoms with Crippen molar-refractivity contribution in [1.29, 1.82) is 0 Å². The molecule has 2 aromatic rings. The van der Waals surface area contributed by atoms with Crippen molar-refractivity contribution in [3.8, 4) is 5.75 Å². The van der Waals surface area contributed by atoms with E-state index in [1.165, 1.54) is 10.5 Å². The zero-order valence-corrected chi connectivity index (χ0v) is 15.4. The quantitative estimate of drug-likeness (QED) is 0.825. The second-order valence-corrected chi connectivity index (χ2v) is 6.44. The standard InChI is InChI=1S/C19H22N2O3S/c1-21(19(23)15-9-7-14(8-10-15)13-25-3)12-18(22)20-16-5-4-6-17(11-16)24-2/h4-11H,12-13H2,1-3H3,(H,20,22). The fourth-order valence-corrected chi connectivity index (χ4v) is 2.84. The number of hydrogen-bond acceptors (Lipinski definition) is 4. The van der Waals surface area contributed by atoms with E-state index >= 15 is 0 Å². The Morgan fingerprint density at radius 1 is 1.16 bits per heavy atom. The first-order valence-electron chi connectivity index (χ1n) is 7.80. The number of hydrogen-bond donors (Lipinski definition) is 1. The lowest BCUT2D eigenvalue weighted by molar-refractivity contribution is -0.116. The number of amides is 2. The van der Waals surface area contributed by atoms with Crippen molar-refractivity contribution in [2.45, 2.75) is 5.75 Å². The molecule has 132 valence electrons. The number of likely N-dealkylation sites (N-methyl/N-ethyl adjacent to an activating group) is 1. The van der Waals surface area contributed by atoms with E-state index in [9.17, 15) is 9.59 Å². The lowest BCUT2D eigenvalue weighted by atomic mass is 10.1. The summed E-state index contributed by atoms with van der Waals surface area (Å²) in [6.45, 7) is -0.0252. The van der Waals surface area contributed by atoms with Crippen molar-refractivity contribution >= 4 is 29.3 Å². The number of anilines is 1. The zero-order valence-electron chi connectivity index (χ0n) is 14.6. The smallest absolute Gasteiger partial charge is 0.254 e. The number of carbonyl (C=O) groups excluding carboxylic acids is 2. The highest BCUT2D eigenvalue weighted by Crippen LogP contribution is 2.17. The first kappa shape index (κ1) is 18.9. The van der Waals surface area contributed by atoms with E-state index in [-0.39, 0.29) is 18.4 Å². The molecular formula is C19H22N2O3S. The molecule has 0 aromatic heterocycles. The van der Waals surface area contributed by atoms with Gasteiger partial charge in [0.2, 0.25) is 5.91 Å². The molecule has 0 unspecified atom stereocenters. The van der Waals surface area contributed by atoms with Gasteiger partial charge in [0, 0.05) is 30.1 Å². The summed E-state index contributed by atoms with van der Waals surface area (Å²) in [7, 11) is 3.18. The van der Waals surface area contributed by atoms with Gasteiger partial charge in [0.05, 0.1) is 13.7 Å². The van der Waals surface area contributed by atoms with Crippen LogP contribution in [-0.4, -0.2) is 43.7 Å². The minimum atomic E-state index is -0.261. The highest BCUT2D eigenvalue weighted by molar-refractivity contribution is 7.97. The molecule has 0 bridgehead atoms. The van der Waals surface area contributed by atoms with Crippen molar-refractivity contribution in [3.63, 3.8) is 0 Å². The summed E-state index contributed by atoms with van der Waals surface area (Å²) in [6, 6.07) is 14.6. The molecule has 0 heterocycles. The third-order valence-electron chi connectivity index (χ3n) is 3.59. The van der Waals surface area contributed by atoms with Gasteiger partial charge in [-0.05, 0) is 36.1 Å². The molecule has 0 saturated heterocycles. The van der Waals surface area contributed by atoms with E-state index in [0.29, 0.717) is 17.0 Å². The fourth-order valence-electron chi connectivity index (χ4n) is 2.32. The van der Waals surface area contributed by atoms with Gasteiger partial charge in [-0.2, -0.15) is 11.8 Å². The van der Waals surface area contributed by atoms with E-state index in [2.05, 4.69) is 5.32 Å². The van der Waals surface area contributed by atoms with Crippen LogP contribution in [0.1, 0.15) is 15.9 Å². The average molecular weight is 358 g/mol. The molecule has 0 atom stereocenters. The summed E-state index contributed by atoms with van der Waals surface area (Å²) in [4.78, 5) is 26.0. The third-order valence-corrected chi connectivity index (χ3v) is 4.21. The first-order chi connectivity index (χ1) is 12.0. The molecule has 25 heavy (non-hydrogen) atoms. The maximum atomic E-state index is 12.4. The Kier molecular flexibility index (Phi) is 6.89. The van der Waals surface area contributed by atoms with Crippen LogP contribution in [-0.2, 0) is 10.5 Å². The lowest BCUT2D eigenvalue weighted by Gasteiger charge is -2.17. The minimum absolute atomic E-state index is 0.0252. The molecule has 0 saturated carbocycles. The molecule has 1 N–H and O–H groups in total. The molecule has 0 aliphatic rings. The van der Waals surface area contributed by atoms with Crippen LogP contribution in [0.5, 0.6) is 5.75 Å². The second-order valence-electron chi connectivity index (χ2n) is 5.57. The number of nitrogens with zero attached hydrogens (tertiary/aromatic N) is 1. The maximum absolute atomic E-state index is 12.4. The van der Waals surface area contributed by atoms with Crippen LogP contribution in [0.3, 0.4) is 0 Å². The highest BCUT2D eigenvalue weighted by atomic mass is 32.2. The number of ether oxygens (including phenoxy) is 1. The topological polar surface area (TPSA) is 58.6 Å². The molecule has 0 radical (unpaired) electrons. The van der Waals surface area contributed by atoms with Gasteiger partial charge in [-0.1, -0.05) is 18.2 Å². The van der Waals surface area contributed by atoms with Crippen LogP contribution >= 0.6 is 11.8 Å². The zero-order chi connectivity index (χ0) is 18.2. The van der Waals surface area contributed by atoms with Crippen molar-refractivity contribution in [2.75, 3.05) is 32.3 Å². The predicted octanol–water partition coefficient (Wildman–Crippen LogP) is 3.27. The number of benzene rings is 2. The largest absolute Gasteiger partial charge is 0.497 e. The van der Waals surface area contributed by atoms with Gasteiger partial charge in [-0.3, -0.25) is 9.59 Å². The molecule has 0 fully saturated rings. The molecule has 2 rings (SSSR count). The van der Waals surface area contributed by atoms with Gasteiger partial charge in [0.15, 0.2) is 0 Å². The Bertz CT molecular complexity index is 732. The molecule has 2 amide bonds. The first-order valence-corrected chi connectivity index (χ1v) is 9.20. The third kappa shape index (κ3) is 5.53. The number of thioether (sulfide) groups is 1. The van der Waals surface area contributed by atoms with Crippen LogP contribution in [0.2, 0.25) is 0 Å². The summed E-state index contributed by atoms with van der Waals surface area (Å²) in [6.07, 6.45) is 2.04. The summed E-state index contributed by atoms with van der Waals surface area (Å²) in [5, 5.41) is 2.76.